The number of halogens is 8. The van der Waals surface area contributed by atoms with Crippen LogP contribution >= 0.6 is 0 Å². The molecule has 0 N–H and O–H groups in total. The van der Waals surface area contributed by atoms with Gasteiger partial charge in [-0.1, -0.05) is 0 Å². The molecule has 0 aromatic heterocycles. The van der Waals surface area contributed by atoms with Gasteiger partial charge in [-0.25, -0.2) is 0 Å². The van der Waals surface area contributed by atoms with Crippen LogP contribution in [0.3, 0.4) is 0 Å². The SMILES string of the molecule is [CH3][Ge]1([CH3])[C](c2cccc(F)c2)=C(c2ccccc2)C(c2ccccc2)=[C]1c1cccc(F)c1.[CH3][Ge]1([CH3])[C](c2ccccc2C(F)(F)F)=C(c2ccccc2)C(c2ccccc2)=[C]1c1ccccc1C(F)(F)F. The molecule has 72 heavy (non-hydrogen) atoms. The van der Waals surface area contributed by atoms with Gasteiger partial charge in [-0.15, -0.1) is 0 Å². The third-order valence-electron chi connectivity index (χ3n) is 13.5. The molecule has 10 rings (SSSR count). The number of benzene rings is 8. The molecule has 2 heterocycles. The van der Waals surface area contributed by atoms with Crippen molar-refractivity contribution < 1.29 is 35.1 Å². The molecule has 0 radical (unpaired) electrons. The molecule has 0 spiro atoms. The van der Waals surface area contributed by atoms with Crippen molar-refractivity contribution in [2.24, 2.45) is 0 Å². The Balaban J connectivity index is 0.000000180. The van der Waals surface area contributed by atoms with Gasteiger partial charge in [0.15, 0.2) is 0 Å². The summed E-state index contributed by atoms with van der Waals surface area (Å²) in [5.41, 5.74) is 7.25. The molecule has 0 aliphatic carbocycles. The van der Waals surface area contributed by atoms with E-state index in [-0.39, 0.29) is 22.8 Å². The summed E-state index contributed by atoms with van der Waals surface area (Å²) in [6.45, 7) is 0. The second-order valence-corrected chi connectivity index (χ2v) is 36.7. The fourth-order valence-corrected chi connectivity index (χ4v) is 26.7. The first kappa shape index (κ1) is 50.2. The number of alkyl halides is 6. The summed E-state index contributed by atoms with van der Waals surface area (Å²) >= 11 is -6.99. The van der Waals surface area contributed by atoms with Gasteiger partial charge in [-0.3, -0.25) is 0 Å². The van der Waals surface area contributed by atoms with E-state index < -0.39 is 50.0 Å². The summed E-state index contributed by atoms with van der Waals surface area (Å²) in [5.74, 6) is 7.96. The number of hydrogen-bond acceptors (Lipinski definition) is 0. The van der Waals surface area contributed by atoms with Crippen LogP contribution in [0.4, 0.5) is 35.1 Å². The molecular weight excluding hydrogens is 1040 g/mol. The first-order valence-corrected chi connectivity index (χ1v) is 36.0. The Hall–Kier alpha value is -6.75. The van der Waals surface area contributed by atoms with Gasteiger partial charge < -0.3 is 0 Å². The maximum absolute atomic E-state index is 14.4. The summed E-state index contributed by atoms with van der Waals surface area (Å²) in [7, 11) is 0. The Morgan fingerprint density at radius 2 is 0.528 bits per heavy atom. The molecule has 0 fully saturated rings. The first-order chi connectivity index (χ1) is 34.4. The van der Waals surface area contributed by atoms with E-state index in [1.54, 1.807) is 72.8 Å². The molecule has 0 amide bonds. The van der Waals surface area contributed by atoms with Crippen LogP contribution in [0, 0.1) is 11.6 Å². The minimum atomic E-state index is -4.64. The second-order valence-electron chi connectivity index (χ2n) is 18.8. The predicted molar refractivity (Wildman–Crippen MR) is 284 cm³/mol. The van der Waals surface area contributed by atoms with Crippen molar-refractivity contribution in [3.63, 3.8) is 0 Å². The Morgan fingerprint density at radius 1 is 0.278 bits per heavy atom. The van der Waals surface area contributed by atoms with E-state index in [4.69, 9.17) is 0 Å². The quantitative estimate of drug-likeness (QED) is 0.105. The van der Waals surface area contributed by atoms with Crippen LogP contribution in [0.1, 0.15) is 55.6 Å². The van der Waals surface area contributed by atoms with E-state index in [0.717, 1.165) is 45.5 Å². The zero-order valence-corrected chi connectivity index (χ0v) is 44.0. The van der Waals surface area contributed by atoms with Crippen LogP contribution in [0.25, 0.3) is 39.9 Å². The Kier molecular flexibility index (Phi) is 14.0. The van der Waals surface area contributed by atoms with E-state index in [9.17, 15) is 35.1 Å². The van der Waals surface area contributed by atoms with Crippen molar-refractivity contribution in [3.8, 4) is 0 Å². The number of hydrogen-bond donors (Lipinski definition) is 0. The molecule has 8 aromatic rings. The van der Waals surface area contributed by atoms with Crippen LogP contribution in [-0.2, 0) is 12.4 Å². The molecule has 0 unspecified atom stereocenters. The zero-order chi connectivity index (χ0) is 51.0. The molecule has 0 nitrogen and oxygen atoms in total. The van der Waals surface area contributed by atoms with Gasteiger partial charge in [0.05, 0.1) is 0 Å². The minimum absolute atomic E-state index is 0.0294. The molecule has 10 heteroatoms. The average Bonchev–Trinajstić information content (AvgIpc) is 3.77. The summed E-state index contributed by atoms with van der Waals surface area (Å²) in [5, 5.41) is 0. The van der Waals surface area contributed by atoms with Crippen LogP contribution in [0.15, 0.2) is 218 Å². The van der Waals surface area contributed by atoms with E-state index in [1.807, 2.05) is 84.3 Å². The van der Waals surface area contributed by atoms with Gasteiger partial charge in [0.1, 0.15) is 0 Å². The fourth-order valence-electron chi connectivity index (χ4n) is 10.7. The predicted octanol–water partition coefficient (Wildman–Crippen LogP) is 18.3. The van der Waals surface area contributed by atoms with Gasteiger partial charge in [-0.05, 0) is 0 Å². The summed E-state index contributed by atoms with van der Waals surface area (Å²) in [6.07, 6.45) is -9.27. The van der Waals surface area contributed by atoms with Crippen molar-refractivity contribution in [1.82, 2.24) is 0 Å². The molecule has 2 aliphatic rings. The van der Waals surface area contributed by atoms with Crippen LogP contribution in [-0.4, -0.2) is 26.5 Å². The van der Waals surface area contributed by atoms with Gasteiger partial charge in [0, 0.05) is 0 Å². The van der Waals surface area contributed by atoms with E-state index in [0.29, 0.717) is 31.1 Å². The standard InChI is InChI=1S/C32H24F6Ge.C30H24F2Ge/c1-39(2)29(23-17-9-11-19-25(23)31(33,34)35)27(21-13-5-3-6-14-21)28(22-15-7-4-8-16-22)30(39)24-18-10-12-20-26(24)32(36,37)38;1-33(2)29(23-15-9-17-25(31)19-23)27(21-11-5-3-6-12-21)28(22-13-7-4-8-14-22)30(33)24-16-10-18-26(32)20-24/h3-20H,1-2H3;3-20H,1-2H3. The Morgan fingerprint density at radius 3 is 0.819 bits per heavy atom. The van der Waals surface area contributed by atoms with Crippen molar-refractivity contribution >= 4 is 66.4 Å². The Labute approximate surface area is 420 Å². The number of allylic oxidation sites excluding steroid dienone is 4. The monoisotopic (exact) mass is 1090 g/mol. The summed E-state index contributed by atoms with van der Waals surface area (Å²) < 4.78 is 119. The maximum atomic E-state index is 14.4. The molecule has 8 aromatic carbocycles. The van der Waals surface area contributed by atoms with Crippen molar-refractivity contribution in [3.05, 3.63) is 286 Å². The molecule has 0 saturated carbocycles. The molecule has 2 aliphatic heterocycles. The van der Waals surface area contributed by atoms with Crippen LogP contribution in [0.5, 0.6) is 0 Å². The van der Waals surface area contributed by atoms with Gasteiger partial charge in [0.25, 0.3) is 0 Å². The van der Waals surface area contributed by atoms with E-state index in [1.165, 1.54) is 45.2 Å². The van der Waals surface area contributed by atoms with Gasteiger partial charge in [-0.2, -0.15) is 0 Å². The molecule has 0 atom stereocenters. The number of rotatable bonds is 8. The van der Waals surface area contributed by atoms with E-state index >= 15 is 0 Å². The molecular formula is C62H48F8Ge2. The van der Waals surface area contributed by atoms with Crippen molar-refractivity contribution in [2.75, 3.05) is 0 Å². The Bertz CT molecular complexity index is 3190. The van der Waals surface area contributed by atoms with Crippen LogP contribution in [0.2, 0.25) is 23.0 Å². The van der Waals surface area contributed by atoms with Crippen molar-refractivity contribution in [1.29, 1.82) is 0 Å². The summed E-state index contributed by atoms with van der Waals surface area (Å²) in [6, 6.07) is 63.3. The zero-order valence-electron chi connectivity index (χ0n) is 39.8. The third-order valence-corrected chi connectivity index (χ3v) is 28.4. The van der Waals surface area contributed by atoms with Crippen LogP contribution < -0.4 is 0 Å². The average molecular weight is 1090 g/mol. The van der Waals surface area contributed by atoms with Gasteiger partial charge >= 0.3 is 423 Å². The summed E-state index contributed by atoms with van der Waals surface area (Å²) in [4.78, 5) is 0. The van der Waals surface area contributed by atoms with Gasteiger partial charge in [0.2, 0.25) is 0 Å². The van der Waals surface area contributed by atoms with E-state index in [2.05, 4.69) is 35.8 Å². The molecule has 0 saturated heterocycles. The first-order valence-electron chi connectivity index (χ1n) is 23.5. The molecule has 0 bridgehead atoms. The van der Waals surface area contributed by atoms with Crippen molar-refractivity contribution in [2.45, 2.75) is 35.4 Å². The fraction of sp³-hybridized carbons (Fsp3) is 0.0968. The third kappa shape index (κ3) is 9.66. The molecule has 360 valence electrons. The second kappa shape index (κ2) is 20.0. The normalized spacial score (nSPS) is 15.5. The topological polar surface area (TPSA) is 0 Å².